The highest BCUT2D eigenvalue weighted by Gasteiger charge is 2.14. The van der Waals surface area contributed by atoms with E-state index in [0.29, 0.717) is 30.4 Å². The molecule has 0 aliphatic heterocycles. The van der Waals surface area contributed by atoms with E-state index in [0.717, 1.165) is 10.0 Å². The lowest BCUT2D eigenvalue weighted by Gasteiger charge is -2.10. The molecule has 0 aromatic heterocycles. The molecule has 1 aromatic carbocycles. The number of carbonyl (C=O) groups excluding carboxylic acids is 1. The number of esters is 1. The highest BCUT2D eigenvalue weighted by Crippen LogP contribution is 2.27. The summed E-state index contributed by atoms with van der Waals surface area (Å²) < 4.78 is 16.1. The van der Waals surface area contributed by atoms with E-state index in [-0.39, 0.29) is 6.79 Å². The highest BCUT2D eigenvalue weighted by molar-refractivity contribution is 9.10. The maximum atomic E-state index is 11.6. The van der Waals surface area contributed by atoms with Crippen molar-refractivity contribution in [1.29, 1.82) is 0 Å². The summed E-state index contributed by atoms with van der Waals surface area (Å²) in [6, 6.07) is 3.32. The molecule has 0 saturated carbocycles. The van der Waals surface area contributed by atoms with Gasteiger partial charge in [-0.1, -0.05) is 27.5 Å². The van der Waals surface area contributed by atoms with Gasteiger partial charge in [0.15, 0.2) is 0 Å². The molecule has 19 heavy (non-hydrogen) atoms. The van der Waals surface area contributed by atoms with Crippen LogP contribution in [-0.2, 0) is 20.8 Å². The summed E-state index contributed by atoms with van der Waals surface area (Å²) in [6.07, 6.45) is 0. The minimum absolute atomic E-state index is 0.222. The zero-order valence-corrected chi connectivity index (χ0v) is 13.2. The van der Waals surface area contributed by atoms with Gasteiger partial charge in [-0.05, 0) is 31.5 Å². The van der Waals surface area contributed by atoms with E-state index in [1.54, 1.807) is 19.1 Å². The average molecular weight is 352 g/mol. The summed E-state index contributed by atoms with van der Waals surface area (Å²) in [5, 5.41) is 0.344. The van der Waals surface area contributed by atoms with E-state index in [4.69, 9.17) is 25.8 Å². The van der Waals surface area contributed by atoms with Gasteiger partial charge < -0.3 is 14.2 Å². The fraction of sp³-hybridized carbons (Fsp3) is 0.462. The largest absolute Gasteiger partial charge is 0.462 e. The monoisotopic (exact) mass is 350 g/mol. The molecule has 0 fully saturated rings. The Balaban J connectivity index is 2.76. The molecule has 0 heterocycles. The van der Waals surface area contributed by atoms with Crippen LogP contribution >= 0.6 is 27.5 Å². The third kappa shape index (κ3) is 5.10. The van der Waals surface area contributed by atoms with Crippen molar-refractivity contribution in [2.24, 2.45) is 0 Å². The standard InChI is InChI=1S/C13H16BrClO4/c1-3-17-8-18-7-9-5-12(15)10(6-11(9)14)13(16)19-4-2/h5-6H,3-4,7-8H2,1-2H3. The first-order valence-electron chi connectivity index (χ1n) is 5.90. The molecule has 1 rings (SSSR count). The van der Waals surface area contributed by atoms with Crippen LogP contribution < -0.4 is 0 Å². The van der Waals surface area contributed by atoms with Crippen molar-refractivity contribution in [3.05, 3.63) is 32.8 Å². The van der Waals surface area contributed by atoms with Gasteiger partial charge in [-0.2, -0.15) is 0 Å². The first-order chi connectivity index (χ1) is 9.10. The van der Waals surface area contributed by atoms with Gasteiger partial charge in [0.05, 0.1) is 23.8 Å². The van der Waals surface area contributed by atoms with Crippen LogP contribution in [-0.4, -0.2) is 26.0 Å². The third-order valence-corrected chi connectivity index (χ3v) is 3.31. The Labute approximate surface area is 126 Å². The van der Waals surface area contributed by atoms with Crippen molar-refractivity contribution < 1.29 is 19.0 Å². The van der Waals surface area contributed by atoms with Crippen LogP contribution in [0.5, 0.6) is 0 Å². The van der Waals surface area contributed by atoms with Crippen molar-refractivity contribution in [3.8, 4) is 0 Å². The Morgan fingerprint density at radius 1 is 1.26 bits per heavy atom. The molecule has 0 N–H and O–H groups in total. The smallest absolute Gasteiger partial charge is 0.339 e. The van der Waals surface area contributed by atoms with Gasteiger partial charge in [0.1, 0.15) is 6.79 Å². The van der Waals surface area contributed by atoms with Gasteiger partial charge in [0, 0.05) is 11.1 Å². The Hall–Kier alpha value is -0.620. The van der Waals surface area contributed by atoms with Gasteiger partial charge in [-0.25, -0.2) is 4.79 Å². The molecule has 0 unspecified atom stereocenters. The number of hydrogen-bond donors (Lipinski definition) is 0. The third-order valence-electron chi connectivity index (χ3n) is 2.26. The van der Waals surface area contributed by atoms with Crippen LogP contribution in [0.15, 0.2) is 16.6 Å². The van der Waals surface area contributed by atoms with Gasteiger partial charge in [-0.3, -0.25) is 0 Å². The van der Waals surface area contributed by atoms with E-state index < -0.39 is 5.97 Å². The average Bonchev–Trinajstić information content (AvgIpc) is 2.38. The second-order valence-electron chi connectivity index (χ2n) is 3.60. The lowest BCUT2D eigenvalue weighted by Crippen LogP contribution is -2.07. The van der Waals surface area contributed by atoms with Crippen LogP contribution in [0, 0.1) is 0 Å². The second kappa shape index (κ2) is 8.53. The lowest BCUT2D eigenvalue weighted by atomic mass is 10.1. The summed E-state index contributed by atoms with van der Waals surface area (Å²) in [5.41, 5.74) is 1.18. The van der Waals surface area contributed by atoms with Crippen molar-refractivity contribution in [2.75, 3.05) is 20.0 Å². The van der Waals surface area contributed by atoms with Gasteiger partial charge in [0.2, 0.25) is 0 Å². The summed E-state index contributed by atoms with van der Waals surface area (Å²) in [7, 11) is 0. The van der Waals surface area contributed by atoms with E-state index in [1.807, 2.05) is 6.92 Å². The molecular formula is C13H16BrClO4. The number of halogens is 2. The minimum atomic E-state index is -0.435. The number of carbonyl (C=O) groups is 1. The minimum Gasteiger partial charge on any atom is -0.462 e. The zero-order valence-electron chi connectivity index (χ0n) is 10.9. The highest BCUT2D eigenvalue weighted by atomic mass is 79.9. The molecule has 0 radical (unpaired) electrons. The SMILES string of the molecule is CCOCOCc1cc(Cl)c(C(=O)OCC)cc1Br. The van der Waals surface area contributed by atoms with E-state index in [2.05, 4.69) is 15.9 Å². The maximum absolute atomic E-state index is 11.6. The molecule has 0 aliphatic carbocycles. The van der Waals surface area contributed by atoms with Crippen molar-refractivity contribution in [1.82, 2.24) is 0 Å². The van der Waals surface area contributed by atoms with Crippen LogP contribution in [0.25, 0.3) is 0 Å². The molecule has 106 valence electrons. The van der Waals surface area contributed by atoms with Gasteiger partial charge in [0.25, 0.3) is 0 Å². The Kier molecular flexibility index (Phi) is 7.38. The van der Waals surface area contributed by atoms with Crippen LogP contribution in [0.3, 0.4) is 0 Å². The van der Waals surface area contributed by atoms with Crippen molar-refractivity contribution in [2.45, 2.75) is 20.5 Å². The molecule has 0 spiro atoms. The topological polar surface area (TPSA) is 44.8 Å². The summed E-state index contributed by atoms with van der Waals surface area (Å²) in [4.78, 5) is 11.6. The number of ether oxygens (including phenoxy) is 3. The predicted molar refractivity (Wildman–Crippen MR) is 76.4 cm³/mol. The molecule has 6 heteroatoms. The molecular weight excluding hydrogens is 335 g/mol. The number of benzene rings is 1. The zero-order chi connectivity index (χ0) is 14.3. The predicted octanol–water partition coefficient (Wildman–Crippen LogP) is 3.79. The van der Waals surface area contributed by atoms with Crippen LogP contribution in [0.4, 0.5) is 0 Å². The van der Waals surface area contributed by atoms with Gasteiger partial charge in [-0.15, -0.1) is 0 Å². The molecule has 0 atom stereocenters. The van der Waals surface area contributed by atoms with E-state index in [1.165, 1.54) is 0 Å². The summed E-state index contributed by atoms with van der Waals surface area (Å²) in [5.74, 6) is -0.435. The molecule has 0 amide bonds. The number of rotatable bonds is 7. The fourth-order valence-corrected chi connectivity index (χ4v) is 2.08. The normalized spacial score (nSPS) is 10.5. The van der Waals surface area contributed by atoms with E-state index >= 15 is 0 Å². The summed E-state index contributed by atoms with van der Waals surface area (Å²) >= 11 is 9.45. The van der Waals surface area contributed by atoms with Crippen molar-refractivity contribution in [3.63, 3.8) is 0 Å². The second-order valence-corrected chi connectivity index (χ2v) is 4.86. The van der Waals surface area contributed by atoms with E-state index in [9.17, 15) is 4.79 Å². The van der Waals surface area contributed by atoms with Crippen LogP contribution in [0.2, 0.25) is 5.02 Å². The van der Waals surface area contributed by atoms with Crippen molar-refractivity contribution >= 4 is 33.5 Å². The molecule has 4 nitrogen and oxygen atoms in total. The molecule has 0 bridgehead atoms. The lowest BCUT2D eigenvalue weighted by molar-refractivity contribution is -0.0573. The maximum Gasteiger partial charge on any atom is 0.339 e. The quantitative estimate of drug-likeness (QED) is 0.426. The first-order valence-corrected chi connectivity index (χ1v) is 7.07. The molecule has 0 saturated heterocycles. The Bertz CT molecular complexity index is 437. The molecule has 1 aromatic rings. The Morgan fingerprint density at radius 2 is 2.00 bits per heavy atom. The van der Waals surface area contributed by atoms with Crippen LogP contribution in [0.1, 0.15) is 29.8 Å². The van der Waals surface area contributed by atoms with Gasteiger partial charge >= 0.3 is 5.97 Å². The first kappa shape index (κ1) is 16.4. The fourth-order valence-electron chi connectivity index (χ4n) is 1.36. The number of hydrogen-bond acceptors (Lipinski definition) is 4. The summed E-state index contributed by atoms with van der Waals surface area (Å²) in [6.45, 7) is 5.13. The Morgan fingerprint density at radius 3 is 2.63 bits per heavy atom. The molecule has 0 aliphatic rings.